The van der Waals surface area contributed by atoms with E-state index in [2.05, 4.69) is 37.8 Å². The number of hydrogen-bond donors (Lipinski definition) is 1. The first-order valence-corrected chi connectivity index (χ1v) is 11.0. The van der Waals surface area contributed by atoms with Gasteiger partial charge in [-0.25, -0.2) is 15.0 Å². The third-order valence-corrected chi connectivity index (χ3v) is 5.56. The fourth-order valence-electron chi connectivity index (χ4n) is 3.49. The van der Waals surface area contributed by atoms with Crippen LogP contribution in [0.3, 0.4) is 0 Å². The Labute approximate surface area is 180 Å². The summed E-state index contributed by atoms with van der Waals surface area (Å²) in [6, 6.07) is 4.11. The lowest BCUT2D eigenvalue weighted by Gasteiger charge is -2.28. The van der Waals surface area contributed by atoms with Crippen LogP contribution in [0.25, 0.3) is 27.7 Å². The molecule has 0 unspecified atom stereocenters. The fraction of sp³-hybridized carbons (Fsp3) is 0.273. The average molecular weight is 421 g/mol. The number of anilines is 1. The highest BCUT2D eigenvalue weighted by Crippen LogP contribution is 2.33. The first-order valence-electron chi connectivity index (χ1n) is 9.75. The van der Waals surface area contributed by atoms with Gasteiger partial charge in [-0.2, -0.15) is 0 Å². The summed E-state index contributed by atoms with van der Waals surface area (Å²) in [5.41, 5.74) is 4.46. The number of pyridine rings is 2. The Morgan fingerprint density at radius 2 is 2.00 bits per heavy atom. The Balaban J connectivity index is 1.96. The van der Waals surface area contributed by atoms with Gasteiger partial charge < -0.3 is 15.0 Å². The lowest BCUT2D eigenvalue weighted by Crippen LogP contribution is -2.36. The molecular formula is C22H24N6OS. The van der Waals surface area contributed by atoms with Crippen LogP contribution in [0.1, 0.15) is 5.69 Å². The van der Waals surface area contributed by atoms with Gasteiger partial charge in [0.2, 0.25) is 0 Å². The van der Waals surface area contributed by atoms with Crippen molar-refractivity contribution in [3.05, 3.63) is 55.1 Å². The summed E-state index contributed by atoms with van der Waals surface area (Å²) in [5.74, 6) is 0.901. The summed E-state index contributed by atoms with van der Waals surface area (Å²) in [6.07, 6.45) is 11.2. The minimum atomic E-state index is 0.693. The van der Waals surface area contributed by atoms with E-state index in [1.54, 1.807) is 6.08 Å². The van der Waals surface area contributed by atoms with Crippen molar-refractivity contribution in [1.29, 1.82) is 0 Å². The van der Waals surface area contributed by atoms with Gasteiger partial charge in [0.25, 0.3) is 0 Å². The van der Waals surface area contributed by atoms with Crippen LogP contribution in [0.15, 0.2) is 54.6 Å². The number of fused-ring (bicyclic) bond motifs is 1. The van der Waals surface area contributed by atoms with Crippen molar-refractivity contribution in [2.75, 3.05) is 44.5 Å². The van der Waals surface area contributed by atoms with Crippen molar-refractivity contribution in [3.63, 3.8) is 0 Å². The maximum Gasteiger partial charge on any atom is 0.187 e. The van der Waals surface area contributed by atoms with Gasteiger partial charge in [0.05, 0.1) is 18.9 Å². The molecule has 4 heterocycles. The number of allylic oxidation sites excluding steroid dienone is 2. The minimum absolute atomic E-state index is 0.693. The van der Waals surface area contributed by atoms with Gasteiger partial charge in [-0.3, -0.25) is 4.98 Å². The van der Waals surface area contributed by atoms with Crippen LogP contribution in [0, 0.1) is 0 Å². The molecule has 1 aliphatic heterocycles. The Bertz CT molecular complexity index is 1080. The molecule has 3 aromatic heterocycles. The maximum atomic E-state index is 5.53. The van der Waals surface area contributed by atoms with E-state index in [0.29, 0.717) is 13.2 Å². The van der Waals surface area contributed by atoms with Crippen molar-refractivity contribution in [3.8, 4) is 11.1 Å². The van der Waals surface area contributed by atoms with E-state index < -0.39 is 0 Å². The molecule has 0 radical (unpaired) electrons. The fourth-order valence-corrected chi connectivity index (χ4v) is 3.80. The van der Waals surface area contributed by atoms with E-state index >= 15 is 0 Å². The molecule has 1 aliphatic rings. The Hall–Kier alpha value is -2.97. The number of hydrogen-bond acceptors (Lipinski definition) is 8. The largest absolute Gasteiger partial charge is 0.386 e. The molecule has 0 aliphatic carbocycles. The molecular weight excluding hydrogens is 396 g/mol. The van der Waals surface area contributed by atoms with Gasteiger partial charge in [0, 0.05) is 49.7 Å². The molecule has 0 atom stereocenters. The molecule has 1 N–H and O–H groups in total. The van der Waals surface area contributed by atoms with Crippen LogP contribution in [-0.4, -0.2) is 59.5 Å². The predicted molar refractivity (Wildman–Crippen MR) is 123 cm³/mol. The molecule has 1 saturated heterocycles. The third-order valence-electron chi connectivity index (χ3n) is 4.98. The number of morpholine rings is 1. The Kier molecular flexibility index (Phi) is 6.25. The van der Waals surface area contributed by atoms with E-state index in [0.717, 1.165) is 57.5 Å². The number of thioether (sulfide) groups is 1. The molecule has 0 saturated carbocycles. The van der Waals surface area contributed by atoms with Crippen LogP contribution in [-0.2, 0) is 4.74 Å². The van der Waals surface area contributed by atoms with E-state index in [1.165, 1.54) is 11.8 Å². The van der Waals surface area contributed by atoms with Gasteiger partial charge in [0.1, 0.15) is 17.0 Å². The number of nitrogens with one attached hydrogen (secondary N) is 1. The van der Waals surface area contributed by atoms with Crippen molar-refractivity contribution >= 4 is 34.2 Å². The summed E-state index contributed by atoms with van der Waals surface area (Å²) in [4.78, 5) is 20.8. The summed E-state index contributed by atoms with van der Waals surface area (Å²) in [5, 5.41) is 4.96. The van der Waals surface area contributed by atoms with Crippen LogP contribution < -0.4 is 10.2 Å². The first-order chi connectivity index (χ1) is 14.7. The van der Waals surface area contributed by atoms with Gasteiger partial charge in [0.15, 0.2) is 5.16 Å². The minimum Gasteiger partial charge on any atom is -0.386 e. The van der Waals surface area contributed by atoms with Crippen LogP contribution in [0.4, 0.5) is 5.82 Å². The second kappa shape index (κ2) is 9.23. The predicted octanol–water partition coefficient (Wildman–Crippen LogP) is 3.39. The lowest BCUT2D eigenvalue weighted by atomic mass is 10.0. The summed E-state index contributed by atoms with van der Waals surface area (Å²) in [7, 11) is 1.87. The third kappa shape index (κ3) is 4.01. The Morgan fingerprint density at radius 3 is 2.67 bits per heavy atom. The SMILES string of the molecule is C=C/C=C(\NC)c1nccc2c(-c3cnc(SC)nc3)cc(N3CCOCC3)nc12. The van der Waals surface area contributed by atoms with Gasteiger partial charge in [-0.15, -0.1) is 0 Å². The van der Waals surface area contributed by atoms with Gasteiger partial charge in [-0.1, -0.05) is 24.4 Å². The van der Waals surface area contributed by atoms with Crippen molar-refractivity contribution < 1.29 is 4.74 Å². The molecule has 0 amide bonds. The van der Waals surface area contributed by atoms with E-state index in [9.17, 15) is 0 Å². The molecule has 4 rings (SSSR count). The number of aromatic nitrogens is 4. The highest BCUT2D eigenvalue weighted by atomic mass is 32.2. The van der Waals surface area contributed by atoms with Crippen molar-refractivity contribution in [2.45, 2.75) is 5.16 Å². The summed E-state index contributed by atoms with van der Waals surface area (Å²) >= 11 is 1.53. The number of ether oxygens (including phenoxy) is 1. The summed E-state index contributed by atoms with van der Waals surface area (Å²) in [6.45, 7) is 6.81. The molecule has 3 aromatic rings. The first kappa shape index (κ1) is 20.3. The normalized spacial score (nSPS) is 14.7. The Morgan fingerprint density at radius 1 is 1.23 bits per heavy atom. The zero-order chi connectivity index (χ0) is 20.9. The molecule has 30 heavy (non-hydrogen) atoms. The number of nitrogens with zero attached hydrogens (tertiary/aromatic N) is 5. The highest BCUT2D eigenvalue weighted by Gasteiger charge is 2.19. The lowest BCUT2D eigenvalue weighted by molar-refractivity contribution is 0.122. The second-order valence-electron chi connectivity index (χ2n) is 6.71. The van der Waals surface area contributed by atoms with Crippen molar-refractivity contribution in [2.24, 2.45) is 0 Å². The quantitative estimate of drug-likeness (QED) is 0.369. The van der Waals surface area contributed by atoms with E-state index in [-0.39, 0.29) is 0 Å². The maximum absolute atomic E-state index is 5.53. The topological polar surface area (TPSA) is 76.1 Å². The van der Waals surface area contributed by atoms with E-state index in [1.807, 2.05) is 44.0 Å². The van der Waals surface area contributed by atoms with Crippen LogP contribution in [0.5, 0.6) is 0 Å². The molecule has 8 heteroatoms. The van der Waals surface area contributed by atoms with Crippen LogP contribution >= 0.6 is 11.8 Å². The molecule has 7 nitrogen and oxygen atoms in total. The van der Waals surface area contributed by atoms with Crippen molar-refractivity contribution in [1.82, 2.24) is 25.3 Å². The molecule has 0 aromatic carbocycles. The second-order valence-corrected chi connectivity index (χ2v) is 7.48. The standard InChI is InChI=1S/C22H24N6OS/c1-4-5-18(23-2)21-20-16(6-7-24-21)17(15-13-25-22(30-3)26-14-15)12-19(27-20)28-8-10-29-11-9-28/h4-7,12-14,23H,1,8-11H2,2-3H3/b18-5-. The monoisotopic (exact) mass is 420 g/mol. The van der Waals surface area contributed by atoms with Gasteiger partial charge in [-0.05, 0) is 30.0 Å². The molecule has 154 valence electrons. The average Bonchev–Trinajstić information content (AvgIpc) is 2.82. The summed E-state index contributed by atoms with van der Waals surface area (Å²) < 4.78 is 5.53. The highest BCUT2D eigenvalue weighted by molar-refractivity contribution is 7.98. The zero-order valence-corrected chi connectivity index (χ0v) is 17.9. The smallest absolute Gasteiger partial charge is 0.187 e. The molecule has 0 spiro atoms. The zero-order valence-electron chi connectivity index (χ0n) is 17.1. The van der Waals surface area contributed by atoms with Gasteiger partial charge >= 0.3 is 0 Å². The van der Waals surface area contributed by atoms with E-state index in [4.69, 9.17) is 9.72 Å². The van der Waals surface area contributed by atoms with Crippen LogP contribution in [0.2, 0.25) is 0 Å². The number of rotatable bonds is 6. The molecule has 1 fully saturated rings. The molecule has 0 bridgehead atoms.